The third kappa shape index (κ3) is 2.48. The number of rotatable bonds is 4. The van der Waals surface area contributed by atoms with Crippen LogP contribution in [0.3, 0.4) is 0 Å². The zero-order valence-electron chi connectivity index (χ0n) is 8.23. The predicted octanol–water partition coefficient (Wildman–Crippen LogP) is -0.479. The molecular formula is C9H13BO4. The van der Waals surface area contributed by atoms with Crippen LogP contribution in [0.15, 0.2) is 18.2 Å². The molecule has 76 valence electrons. The lowest BCUT2D eigenvalue weighted by Crippen LogP contribution is -2.31. The summed E-state index contributed by atoms with van der Waals surface area (Å²) in [5.74, 6) is 0.458. The molecule has 0 spiro atoms. The van der Waals surface area contributed by atoms with Gasteiger partial charge in [0.05, 0.1) is 13.7 Å². The summed E-state index contributed by atoms with van der Waals surface area (Å²) in [4.78, 5) is 0. The van der Waals surface area contributed by atoms with Gasteiger partial charge in [0, 0.05) is 12.6 Å². The Bertz CT molecular complexity index is 301. The number of benzene rings is 1. The number of hydrogen-bond acceptors (Lipinski definition) is 4. The van der Waals surface area contributed by atoms with E-state index in [9.17, 15) is 0 Å². The van der Waals surface area contributed by atoms with Gasteiger partial charge in [0.1, 0.15) is 5.75 Å². The van der Waals surface area contributed by atoms with Crippen LogP contribution in [0.25, 0.3) is 0 Å². The maximum absolute atomic E-state index is 9.06. The van der Waals surface area contributed by atoms with E-state index in [2.05, 4.69) is 0 Å². The van der Waals surface area contributed by atoms with Gasteiger partial charge >= 0.3 is 7.12 Å². The van der Waals surface area contributed by atoms with E-state index in [-0.39, 0.29) is 0 Å². The second kappa shape index (κ2) is 5.00. The summed E-state index contributed by atoms with van der Waals surface area (Å²) in [6.45, 7) is 0.434. The Morgan fingerprint density at radius 2 is 2.00 bits per heavy atom. The average Bonchev–Trinajstić information content (AvgIpc) is 2.18. The van der Waals surface area contributed by atoms with Gasteiger partial charge in [0.15, 0.2) is 0 Å². The second-order valence-electron chi connectivity index (χ2n) is 2.88. The van der Waals surface area contributed by atoms with E-state index in [4.69, 9.17) is 19.5 Å². The van der Waals surface area contributed by atoms with Gasteiger partial charge in [-0.3, -0.25) is 0 Å². The Balaban J connectivity index is 3.01. The van der Waals surface area contributed by atoms with Crippen molar-refractivity contribution < 1.29 is 19.5 Å². The highest BCUT2D eigenvalue weighted by molar-refractivity contribution is 6.59. The van der Waals surface area contributed by atoms with Crippen molar-refractivity contribution >= 4 is 12.6 Å². The normalized spacial score (nSPS) is 10.0. The first-order valence-corrected chi connectivity index (χ1v) is 4.21. The summed E-state index contributed by atoms with van der Waals surface area (Å²) in [5.41, 5.74) is 1.22. The van der Waals surface area contributed by atoms with Crippen LogP contribution in [0.2, 0.25) is 0 Å². The molecule has 0 unspecified atom stereocenters. The molecule has 0 saturated heterocycles. The molecule has 0 aliphatic heterocycles. The Kier molecular flexibility index (Phi) is 3.94. The first kappa shape index (κ1) is 11.0. The molecule has 4 nitrogen and oxygen atoms in total. The highest BCUT2D eigenvalue weighted by atomic mass is 16.5. The molecule has 0 radical (unpaired) electrons. The van der Waals surface area contributed by atoms with Crippen LogP contribution in [-0.4, -0.2) is 31.4 Å². The lowest BCUT2D eigenvalue weighted by molar-refractivity contribution is 0.185. The van der Waals surface area contributed by atoms with E-state index >= 15 is 0 Å². The molecule has 1 aromatic rings. The van der Waals surface area contributed by atoms with E-state index < -0.39 is 7.12 Å². The molecule has 0 fully saturated rings. The third-order valence-corrected chi connectivity index (χ3v) is 1.88. The zero-order chi connectivity index (χ0) is 10.6. The van der Waals surface area contributed by atoms with Crippen LogP contribution in [0, 0.1) is 0 Å². The predicted molar refractivity (Wildman–Crippen MR) is 53.5 cm³/mol. The standard InChI is InChI=1S/C9H13BO4/c1-13-6-7-3-4-9(14-2)8(5-7)10(11)12/h3-5,11-12H,6H2,1-2H3. The van der Waals surface area contributed by atoms with Crippen LogP contribution in [-0.2, 0) is 11.3 Å². The Labute approximate surface area is 83.2 Å². The van der Waals surface area contributed by atoms with Crippen LogP contribution < -0.4 is 10.2 Å². The monoisotopic (exact) mass is 196 g/mol. The number of ether oxygens (including phenoxy) is 2. The molecule has 1 aromatic carbocycles. The molecule has 5 heteroatoms. The van der Waals surface area contributed by atoms with Crippen molar-refractivity contribution in [3.8, 4) is 5.75 Å². The lowest BCUT2D eigenvalue weighted by atomic mass is 9.79. The number of hydrogen-bond donors (Lipinski definition) is 2. The van der Waals surface area contributed by atoms with Crippen molar-refractivity contribution in [1.29, 1.82) is 0 Å². The maximum Gasteiger partial charge on any atom is 0.492 e. The largest absolute Gasteiger partial charge is 0.497 e. The van der Waals surface area contributed by atoms with E-state index in [0.29, 0.717) is 17.8 Å². The minimum atomic E-state index is -1.53. The van der Waals surface area contributed by atoms with Gasteiger partial charge in [-0.2, -0.15) is 0 Å². The SMILES string of the molecule is COCc1ccc(OC)c(B(O)O)c1. The average molecular weight is 196 g/mol. The highest BCUT2D eigenvalue weighted by Gasteiger charge is 2.17. The first-order valence-electron chi connectivity index (χ1n) is 4.21. The van der Waals surface area contributed by atoms with Gasteiger partial charge < -0.3 is 19.5 Å². The summed E-state index contributed by atoms with van der Waals surface area (Å²) in [7, 11) is 1.54. The fourth-order valence-electron chi connectivity index (χ4n) is 1.24. The summed E-state index contributed by atoms with van der Waals surface area (Å²) in [5, 5.41) is 18.1. The summed E-state index contributed by atoms with van der Waals surface area (Å²) in [6.07, 6.45) is 0. The van der Waals surface area contributed by atoms with Gasteiger partial charge in [-0.15, -0.1) is 0 Å². The van der Waals surface area contributed by atoms with Gasteiger partial charge in [0.2, 0.25) is 0 Å². The van der Waals surface area contributed by atoms with Crippen molar-refractivity contribution in [2.45, 2.75) is 6.61 Å². The summed E-state index contributed by atoms with van der Waals surface area (Å²) >= 11 is 0. The lowest BCUT2D eigenvalue weighted by Gasteiger charge is -2.09. The molecule has 0 aliphatic rings. The molecule has 14 heavy (non-hydrogen) atoms. The topological polar surface area (TPSA) is 58.9 Å². The van der Waals surface area contributed by atoms with E-state index in [1.807, 2.05) is 6.07 Å². The van der Waals surface area contributed by atoms with Crippen LogP contribution in [0.1, 0.15) is 5.56 Å². The molecule has 0 bridgehead atoms. The second-order valence-corrected chi connectivity index (χ2v) is 2.88. The van der Waals surface area contributed by atoms with Crippen molar-refractivity contribution in [2.75, 3.05) is 14.2 Å². The fourth-order valence-corrected chi connectivity index (χ4v) is 1.24. The zero-order valence-corrected chi connectivity index (χ0v) is 8.23. The Morgan fingerprint density at radius 3 is 2.50 bits per heavy atom. The molecule has 0 aromatic heterocycles. The smallest absolute Gasteiger partial charge is 0.492 e. The molecule has 0 amide bonds. The van der Waals surface area contributed by atoms with Gasteiger partial charge in [0.25, 0.3) is 0 Å². The fraction of sp³-hybridized carbons (Fsp3) is 0.333. The molecule has 0 saturated carbocycles. The third-order valence-electron chi connectivity index (χ3n) is 1.88. The quantitative estimate of drug-likeness (QED) is 0.638. The minimum absolute atomic E-state index is 0.349. The van der Waals surface area contributed by atoms with Gasteiger partial charge in [-0.05, 0) is 11.6 Å². The molecule has 0 aliphatic carbocycles. The minimum Gasteiger partial charge on any atom is -0.497 e. The van der Waals surface area contributed by atoms with Crippen molar-refractivity contribution in [1.82, 2.24) is 0 Å². The van der Waals surface area contributed by atoms with Crippen molar-refractivity contribution in [2.24, 2.45) is 0 Å². The molecular weight excluding hydrogens is 183 g/mol. The molecule has 0 heterocycles. The summed E-state index contributed by atoms with van der Waals surface area (Å²) in [6, 6.07) is 5.14. The van der Waals surface area contributed by atoms with Crippen molar-refractivity contribution in [3.63, 3.8) is 0 Å². The van der Waals surface area contributed by atoms with Crippen molar-refractivity contribution in [3.05, 3.63) is 23.8 Å². The maximum atomic E-state index is 9.06. The van der Waals surface area contributed by atoms with E-state index in [1.165, 1.54) is 7.11 Å². The molecule has 2 N–H and O–H groups in total. The highest BCUT2D eigenvalue weighted by Crippen LogP contribution is 2.10. The van der Waals surface area contributed by atoms with Gasteiger partial charge in [-0.25, -0.2) is 0 Å². The van der Waals surface area contributed by atoms with E-state index in [1.54, 1.807) is 19.2 Å². The first-order chi connectivity index (χ1) is 6.69. The Hall–Kier alpha value is -1.04. The van der Waals surface area contributed by atoms with Gasteiger partial charge in [-0.1, -0.05) is 12.1 Å². The summed E-state index contributed by atoms with van der Waals surface area (Å²) < 4.78 is 9.91. The molecule has 1 rings (SSSR count). The number of methoxy groups -OCH3 is 2. The van der Waals surface area contributed by atoms with Crippen LogP contribution >= 0.6 is 0 Å². The van der Waals surface area contributed by atoms with Crippen LogP contribution in [0.5, 0.6) is 5.75 Å². The van der Waals surface area contributed by atoms with Crippen LogP contribution in [0.4, 0.5) is 0 Å². The molecule has 0 atom stereocenters. The Morgan fingerprint density at radius 1 is 1.29 bits per heavy atom. The van der Waals surface area contributed by atoms with E-state index in [0.717, 1.165) is 5.56 Å².